The summed E-state index contributed by atoms with van der Waals surface area (Å²) in [5.74, 6) is -1.83. The normalized spacial score (nSPS) is 30.0. The number of halogens is 3. The summed E-state index contributed by atoms with van der Waals surface area (Å²) in [6, 6.07) is 4.61. The van der Waals surface area contributed by atoms with Crippen molar-refractivity contribution in [2.24, 2.45) is 23.7 Å². The molecule has 2 saturated carbocycles. The Balaban J connectivity index is 1.48. The van der Waals surface area contributed by atoms with Crippen LogP contribution in [0.4, 0.5) is 18.9 Å². The number of nitrogens with one attached hydrogen (secondary N) is 1. The first-order valence-electron chi connectivity index (χ1n) is 8.58. The highest BCUT2D eigenvalue weighted by Gasteiger charge is 2.60. The minimum Gasteiger partial charge on any atom is -0.324 e. The molecule has 3 amide bonds. The molecule has 2 bridgehead atoms. The number of fused-ring (bicyclic) bond motifs is 5. The highest BCUT2D eigenvalue weighted by Crippen LogP contribution is 2.56. The molecular weight excluding hydrogens is 349 g/mol. The molecule has 1 heterocycles. The number of carbonyl (C=O) groups excluding carboxylic acids is 3. The number of anilines is 1. The van der Waals surface area contributed by atoms with Crippen LogP contribution in [-0.4, -0.2) is 29.2 Å². The fourth-order valence-corrected chi connectivity index (χ4v) is 4.80. The van der Waals surface area contributed by atoms with E-state index in [1.54, 1.807) is 0 Å². The first kappa shape index (κ1) is 17.1. The molecule has 3 fully saturated rings. The van der Waals surface area contributed by atoms with Crippen LogP contribution in [0.2, 0.25) is 0 Å². The summed E-state index contributed by atoms with van der Waals surface area (Å²) in [6.45, 7) is -0.545. The molecule has 5 nitrogen and oxygen atoms in total. The van der Waals surface area contributed by atoms with Gasteiger partial charge in [0, 0.05) is 0 Å². The van der Waals surface area contributed by atoms with Gasteiger partial charge in [0.1, 0.15) is 6.54 Å². The summed E-state index contributed by atoms with van der Waals surface area (Å²) in [5, 5.41) is 2.18. The first-order chi connectivity index (χ1) is 12.3. The lowest BCUT2D eigenvalue weighted by Gasteiger charge is -2.19. The molecule has 1 aliphatic heterocycles. The summed E-state index contributed by atoms with van der Waals surface area (Å²) in [4.78, 5) is 38.2. The van der Waals surface area contributed by atoms with E-state index in [2.05, 4.69) is 5.32 Å². The molecular formula is C18H17F3N2O3. The maximum Gasteiger partial charge on any atom is 0.418 e. The van der Waals surface area contributed by atoms with Crippen molar-refractivity contribution >= 4 is 23.4 Å². The van der Waals surface area contributed by atoms with E-state index >= 15 is 0 Å². The number of amides is 3. The zero-order valence-corrected chi connectivity index (χ0v) is 13.8. The third-order valence-electron chi connectivity index (χ3n) is 5.83. The Morgan fingerprint density at radius 2 is 1.65 bits per heavy atom. The second-order valence-electron chi connectivity index (χ2n) is 7.24. The minimum atomic E-state index is -4.61. The first-order valence-corrected chi connectivity index (χ1v) is 8.58. The molecule has 3 aliphatic rings. The van der Waals surface area contributed by atoms with Gasteiger partial charge in [-0.25, -0.2) is 0 Å². The van der Waals surface area contributed by atoms with Crippen LogP contribution in [0.15, 0.2) is 24.3 Å². The Kier molecular flexibility index (Phi) is 3.82. The number of carbonyl (C=O) groups is 3. The molecule has 0 unspecified atom stereocenters. The van der Waals surface area contributed by atoms with E-state index in [4.69, 9.17) is 0 Å². The fourth-order valence-electron chi connectivity index (χ4n) is 4.80. The van der Waals surface area contributed by atoms with E-state index in [1.165, 1.54) is 12.1 Å². The molecule has 2 aliphatic carbocycles. The van der Waals surface area contributed by atoms with Gasteiger partial charge in [-0.2, -0.15) is 13.2 Å². The number of benzene rings is 1. The average Bonchev–Trinajstić information content (AvgIpc) is 3.24. The van der Waals surface area contributed by atoms with Crippen molar-refractivity contribution in [3.8, 4) is 0 Å². The SMILES string of the molecule is O=C(CN1C(=O)[C@@H]2[C@H]3CC[C@@H](C3)[C@H]2C1=O)Nc1ccccc1C(F)(F)F. The van der Waals surface area contributed by atoms with Gasteiger partial charge in [-0.1, -0.05) is 12.1 Å². The van der Waals surface area contributed by atoms with Gasteiger partial charge in [-0.15, -0.1) is 0 Å². The standard InChI is InChI=1S/C18H17F3N2O3/c19-18(20,21)11-3-1-2-4-12(11)22-13(24)8-23-16(25)14-9-5-6-10(7-9)15(14)17(23)26/h1-4,9-10,14-15H,5-8H2,(H,22,24)/t9-,10-,14+,15+/m0/s1. The Morgan fingerprint density at radius 3 is 2.23 bits per heavy atom. The van der Waals surface area contributed by atoms with Gasteiger partial charge >= 0.3 is 6.18 Å². The van der Waals surface area contributed by atoms with E-state index in [1.807, 2.05) is 0 Å². The topological polar surface area (TPSA) is 66.5 Å². The predicted molar refractivity (Wildman–Crippen MR) is 84.6 cm³/mol. The van der Waals surface area contributed by atoms with Crippen LogP contribution in [0.3, 0.4) is 0 Å². The van der Waals surface area contributed by atoms with Crippen molar-refractivity contribution in [3.05, 3.63) is 29.8 Å². The van der Waals surface area contributed by atoms with Crippen molar-refractivity contribution in [2.75, 3.05) is 11.9 Å². The molecule has 26 heavy (non-hydrogen) atoms. The molecule has 0 aromatic heterocycles. The van der Waals surface area contributed by atoms with E-state index in [0.29, 0.717) is 0 Å². The number of hydrogen-bond acceptors (Lipinski definition) is 3. The Labute approximate surface area is 147 Å². The highest BCUT2D eigenvalue weighted by molar-refractivity contribution is 6.09. The molecule has 4 rings (SSSR count). The van der Waals surface area contributed by atoms with Crippen LogP contribution in [0.25, 0.3) is 0 Å². The van der Waals surface area contributed by atoms with Gasteiger partial charge in [0.05, 0.1) is 23.1 Å². The Bertz CT molecular complexity index is 764. The van der Waals surface area contributed by atoms with Crippen molar-refractivity contribution in [3.63, 3.8) is 0 Å². The fraction of sp³-hybridized carbons (Fsp3) is 0.500. The summed E-state index contributed by atoms with van der Waals surface area (Å²) < 4.78 is 39.0. The number of imide groups is 1. The number of rotatable bonds is 3. The Hall–Kier alpha value is -2.38. The smallest absolute Gasteiger partial charge is 0.324 e. The van der Waals surface area contributed by atoms with Crippen LogP contribution >= 0.6 is 0 Å². The number of likely N-dealkylation sites (tertiary alicyclic amines) is 1. The van der Waals surface area contributed by atoms with Crippen molar-refractivity contribution < 1.29 is 27.6 Å². The predicted octanol–water partition coefficient (Wildman–Crippen LogP) is 2.68. The molecule has 1 saturated heterocycles. The summed E-state index contributed by atoms with van der Waals surface area (Å²) in [7, 11) is 0. The van der Waals surface area contributed by atoms with E-state index in [0.717, 1.165) is 36.3 Å². The van der Waals surface area contributed by atoms with Crippen LogP contribution in [-0.2, 0) is 20.6 Å². The summed E-state index contributed by atoms with van der Waals surface area (Å²) in [5.41, 5.74) is -1.35. The second kappa shape index (κ2) is 5.82. The second-order valence-corrected chi connectivity index (χ2v) is 7.24. The molecule has 1 N–H and O–H groups in total. The molecule has 0 spiro atoms. The van der Waals surface area contributed by atoms with Crippen LogP contribution in [0.1, 0.15) is 24.8 Å². The third-order valence-corrected chi connectivity index (χ3v) is 5.83. The van der Waals surface area contributed by atoms with E-state index in [-0.39, 0.29) is 41.2 Å². The third kappa shape index (κ3) is 2.59. The van der Waals surface area contributed by atoms with Gasteiger partial charge in [0.15, 0.2) is 0 Å². The molecule has 1 aromatic rings. The Morgan fingerprint density at radius 1 is 1.08 bits per heavy atom. The van der Waals surface area contributed by atoms with Crippen LogP contribution in [0.5, 0.6) is 0 Å². The lowest BCUT2D eigenvalue weighted by molar-refractivity contribution is -0.143. The summed E-state index contributed by atoms with van der Waals surface area (Å²) in [6.07, 6.45) is -1.89. The quantitative estimate of drug-likeness (QED) is 0.837. The molecule has 8 heteroatoms. The maximum atomic E-state index is 13.0. The van der Waals surface area contributed by atoms with Crippen LogP contribution in [0, 0.1) is 23.7 Å². The lowest BCUT2D eigenvalue weighted by Crippen LogP contribution is -2.39. The van der Waals surface area contributed by atoms with E-state index < -0.39 is 24.2 Å². The van der Waals surface area contributed by atoms with Gasteiger partial charge in [0.2, 0.25) is 17.7 Å². The van der Waals surface area contributed by atoms with Gasteiger partial charge in [-0.05, 0) is 43.2 Å². The zero-order valence-electron chi connectivity index (χ0n) is 13.8. The van der Waals surface area contributed by atoms with Gasteiger partial charge in [-0.3, -0.25) is 19.3 Å². The highest BCUT2D eigenvalue weighted by atomic mass is 19.4. The van der Waals surface area contributed by atoms with Crippen molar-refractivity contribution in [2.45, 2.75) is 25.4 Å². The van der Waals surface area contributed by atoms with Gasteiger partial charge < -0.3 is 5.32 Å². The molecule has 0 radical (unpaired) electrons. The van der Waals surface area contributed by atoms with Crippen molar-refractivity contribution in [1.29, 1.82) is 0 Å². The number of alkyl halides is 3. The average molecular weight is 366 g/mol. The van der Waals surface area contributed by atoms with Crippen molar-refractivity contribution in [1.82, 2.24) is 4.90 Å². The molecule has 4 atom stereocenters. The van der Waals surface area contributed by atoms with E-state index in [9.17, 15) is 27.6 Å². The number of para-hydroxylation sites is 1. The zero-order chi connectivity index (χ0) is 18.6. The largest absolute Gasteiger partial charge is 0.418 e. The number of nitrogens with zero attached hydrogens (tertiary/aromatic N) is 1. The molecule has 138 valence electrons. The van der Waals surface area contributed by atoms with Gasteiger partial charge in [0.25, 0.3) is 0 Å². The summed E-state index contributed by atoms with van der Waals surface area (Å²) >= 11 is 0. The minimum absolute atomic E-state index is 0.195. The maximum absolute atomic E-state index is 13.0. The monoisotopic (exact) mass is 366 g/mol. The lowest BCUT2D eigenvalue weighted by atomic mass is 9.81. The number of hydrogen-bond donors (Lipinski definition) is 1. The van der Waals surface area contributed by atoms with Crippen LogP contribution < -0.4 is 5.32 Å². The molecule has 1 aromatic carbocycles.